The Morgan fingerprint density at radius 1 is 1.45 bits per heavy atom. The predicted molar refractivity (Wildman–Crippen MR) is 76.7 cm³/mol. The molecule has 0 saturated carbocycles. The quantitative estimate of drug-likeness (QED) is 0.876. The summed E-state index contributed by atoms with van der Waals surface area (Å²) >= 11 is 0. The standard InChI is InChI=1S/C14H19N3O2S/c1-11-5-6-12(9-15)8-14(11)20(18,19)17-10-13-4-2-3-7-16-13/h5-6,8,13,16-17H,2-4,7,10H2,1H3. The van der Waals surface area contributed by atoms with Crippen LogP contribution in [-0.4, -0.2) is 27.5 Å². The van der Waals surface area contributed by atoms with Gasteiger partial charge in [-0.05, 0) is 44.0 Å². The van der Waals surface area contributed by atoms with Crippen LogP contribution in [0.15, 0.2) is 23.1 Å². The van der Waals surface area contributed by atoms with Crippen molar-refractivity contribution < 1.29 is 8.42 Å². The zero-order chi connectivity index (χ0) is 14.6. The van der Waals surface area contributed by atoms with Gasteiger partial charge in [0.1, 0.15) is 0 Å². The van der Waals surface area contributed by atoms with Crippen molar-refractivity contribution in [1.82, 2.24) is 10.0 Å². The topological polar surface area (TPSA) is 82.0 Å². The summed E-state index contributed by atoms with van der Waals surface area (Å²) in [5.74, 6) is 0. The molecule has 1 atom stereocenters. The number of aryl methyl sites for hydroxylation is 1. The number of piperidine rings is 1. The van der Waals surface area contributed by atoms with Crippen LogP contribution in [0.25, 0.3) is 0 Å². The summed E-state index contributed by atoms with van der Waals surface area (Å²) in [4.78, 5) is 0.187. The molecule has 108 valence electrons. The highest BCUT2D eigenvalue weighted by Crippen LogP contribution is 2.17. The Hall–Kier alpha value is -1.42. The predicted octanol–water partition coefficient (Wildman–Crippen LogP) is 1.29. The van der Waals surface area contributed by atoms with Crippen LogP contribution in [0, 0.1) is 18.3 Å². The minimum absolute atomic E-state index is 0.187. The molecule has 0 spiro atoms. The summed E-state index contributed by atoms with van der Waals surface area (Å²) in [6.07, 6.45) is 3.26. The van der Waals surface area contributed by atoms with Crippen LogP contribution in [0.2, 0.25) is 0 Å². The molecular formula is C14H19N3O2S. The fraction of sp³-hybridized carbons (Fsp3) is 0.500. The second kappa shape index (κ2) is 6.35. The first-order valence-corrected chi connectivity index (χ1v) is 8.25. The molecule has 1 fully saturated rings. The number of benzene rings is 1. The normalized spacial score (nSPS) is 19.5. The first-order chi connectivity index (χ1) is 9.53. The number of hydrogen-bond donors (Lipinski definition) is 2. The van der Waals surface area contributed by atoms with E-state index in [0.717, 1.165) is 25.8 Å². The van der Waals surface area contributed by atoms with Crippen LogP contribution in [0.1, 0.15) is 30.4 Å². The number of nitrogens with zero attached hydrogens (tertiary/aromatic N) is 1. The molecule has 1 aromatic carbocycles. The SMILES string of the molecule is Cc1ccc(C#N)cc1S(=O)(=O)NCC1CCCCN1. The highest BCUT2D eigenvalue weighted by atomic mass is 32.2. The molecule has 2 rings (SSSR count). The van der Waals surface area contributed by atoms with E-state index in [1.807, 2.05) is 6.07 Å². The molecule has 1 aromatic rings. The van der Waals surface area contributed by atoms with Crippen LogP contribution in [0.5, 0.6) is 0 Å². The molecule has 0 radical (unpaired) electrons. The van der Waals surface area contributed by atoms with Gasteiger partial charge in [0.05, 0.1) is 16.5 Å². The Kier molecular flexibility index (Phi) is 4.76. The fourth-order valence-corrected chi connectivity index (χ4v) is 3.70. The zero-order valence-corrected chi connectivity index (χ0v) is 12.3. The molecule has 0 aromatic heterocycles. The Morgan fingerprint density at radius 2 is 2.25 bits per heavy atom. The highest BCUT2D eigenvalue weighted by Gasteiger charge is 2.20. The Bertz CT molecular complexity index is 614. The van der Waals surface area contributed by atoms with Gasteiger partial charge in [0.15, 0.2) is 0 Å². The summed E-state index contributed by atoms with van der Waals surface area (Å²) in [6.45, 7) is 3.06. The maximum atomic E-state index is 12.3. The Labute approximate surface area is 120 Å². The van der Waals surface area contributed by atoms with Crippen molar-refractivity contribution in [3.8, 4) is 6.07 Å². The van der Waals surface area contributed by atoms with Gasteiger partial charge >= 0.3 is 0 Å². The number of nitriles is 1. The lowest BCUT2D eigenvalue weighted by Crippen LogP contribution is -2.43. The van der Waals surface area contributed by atoms with Gasteiger partial charge in [-0.25, -0.2) is 13.1 Å². The smallest absolute Gasteiger partial charge is 0.240 e. The van der Waals surface area contributed by atoms with Gasteiger partial charge in [0, 0.05) is 12.6 Å². The summed E-state index contributed by atoms with van der Waals surface area (Å²) in [7, 11) is -3.56. The van der Waals surface area contributed by atoms with Crippen LogP contribution in [0.4, 0.5) is 0 Å². The number of hydrogen-bond acceptors (Lipinski definition) is 4. The minimum atomic E-state index is -3.56. The molecule has 1 aliphatic heterocycles. The van der Waals surface area contributed by atoms with E-state index >= 15 is 0 Å². The Morgan fingerprint density at radius 3 is 2.90 bits per heavy atom. The zero-order valence-electron chi connectivity index (χ0n) is 11.5. The molecule has 2 N–H and O–H groups in total. The fourth-order valence-electron chi connectivity index (χ4n) is 2.35. The van der Waals surface area contributed by atoms with Gasteiger partial charge in [-0.1, -0.05) is 12.5 Å². The maximum Gasteiger partial charge on any atom is 0.240 e. The van der Waals surface area contributed by atoms with Gasteiger partial charge in [-0.15, -0.1) is 0 Å². The summed E-state index contributed by atoms with van der Waals surface area (Å²) in [6, 6.07) is 6.86. The highest BCUT2D eigenvalue weighted by molar-refractivity contribution is 7.89. The van der Waals surface area contributed by atoms with Crippen LogP contribution in [-0.2, 0) is 10.0 Å². The van der Waals surface area contributed by atoms with Crippen molar-refractivity contribution in [3.05, 3.63) is 29.3 Å². The summed E-state index contributed by atoms with van der Waals surface area (Å²) in [5.41, 5.74) is 1.000. The lowest BCUT2D eigenvalue weighted by Gasteiger charge is -2.23. The molecule has 0 bridgehead atoms. The minimum Gasteiger partial charge on any atom is -0.313 e. The third-order valence-electron chi connectivity index (χ3n) is 3.54. The molecule has 1 heterocycles. The van der Waals surface area contributed by atoms with Crippen molar-refractivity contribution in [2.24, 2.45) is 0 Å². The lowest BCUT2D eigenvalue weighted by molar-refractivity contribution is 0.398. The second-order valence-electron chi connectivity index (χ2n) is 5.09. The molecule has 5 nitrogen and oxygen atoms in total. The van der Waals surface area contributed by atoms with E-state index < -0.39 is 10.0 Å². The average molecular weight is 293 g/mol. The number of rotatable bonds is 4. The Balaban J connectivity index is 2.11. The van der Waals surface area contributed by atoms with E-state index in [1.165, 1.54) is 6.07 Å². The van der Waals surface area contributed by atoms with Crippen molar-refractivity contribution in [1.29, 1.82) is 5.26 Å². The van der Waals surface area contributed by atoms with E-state index in [-0.39, 0.29) is 10.9 Å². The molecule has 0 amide bonds. The van der Waals surface area contributed by atoms with Crippen molar-refractivity contribution >= 4 is 10.0 Å². The van der Waals surface area contributed by atoms with Gasteiger partial charge in [0.25, 0.3) is 0 Å². The van der Waals surface area contributed by atoms with E-state index in [2.05, 4.69) is 10.0 Å². The maximum absolute atomic E-state index is 12.3. The van der Waals surface area contributed by atoms with E-state index in [4.69, 9.17) is 5.26 Å². The third-order valence-corrected chi connectivity index (χ3v) is 5.10. The molecule has 1 saturated heterocycles. The van der Waals surface area contributed by atoms with Crippen molar-refractivity contribution in [2.45, 2.75) is 37.1 Å². The molecule has 0 aliphatic carbocycles. The first kappa shape index (κ1) is 15.0. The number of sulfonamides is 1. The largest absolute Gasteiger partial charge is 0.313 e. The molecule has 6 heteroatoms. The van der Waals surface area contributed by atoms with Crippen LogP contribution in [0.3, 0.4) is 0 Å². The third kappa shape index (κ3) is 3.57. The van der Waals surface area contributed by atoms with Gasteiger partial charge in [0.2, 0.25) is 10.0 Å². The average Bonchev–Trinajstić information content (AvgIpc) is 2.47. The van der Waals surface area contributed by atoms with Crippen molar-refractivity contribution in [3.63, 3.8) is 0 Å². The second-order valence-corrected chi connectivity index (χ2v) is 6.83. The summed E-state index contributed by atoms with van der Waals surface area (Å²) in [5, 5.41) is 12.2. The van der Waals surface area contributed by atoms with E-state index in [1.54, 1.807) is 19.1 Å². The molecule has 20 heavy (non-hydrogen) atoms. The lowest BCUT2D eigenvalue weighted by atomic mass is 10.1. The first-order valence-electron chi connectivity index (χ1n) is 6.77. The van der Waals surface area contributed by atoms with Crippen LogP contribution < -0.4 is 10.0 Å². The van der Waals surface area contributed by atoms with Crippen LogP contribution >= 0.6 is 0 Å². The monoisotopic (exact) mass is 293 g/mol. The van der Waals surface area contributed by atoms with E-state index in [0.29, 0.717) is 17.7 Å². The molecular weight excluding hydrogens is 274 g/mol. The molecule has 1 unspecified atom stereocenters. The van der Waals surface area contributed by atoms with Gasteiger partial charge in [-0.3, -0.25) is 0 Å². The van der Waals surface area contributed by atoms with Crippen molar-refractivity contribution in [2.75, 3.05) is 13.1 Å². The number of nitrogens with one attached hydrogen (secondary N) is 2. The van der Waals surface area contributed by atoms with Gasteiger partial charge in [-0.2, -0.15) is 5.26 Å². The van der Waals surface area contributed by atoms with E-state index in [9.17, 15) is 8.42 Å². The van der Waals surface area contributed by atoms with Gasteiger partial charge < -0.3 is 5.32 Å². The summed E-state index contributed by atoms with van der Waals surface area (Å²) < 4.78 is 27.3. The molecule has 1 aliphatic rings.